The molecule has 0 heterocycles. The summed E-state index contributed by atoms with van der Waals surface area (Å²) in [7, 11) is 1.31. The number of hydrogen-bond donors (Lipinski definition) is 2. The standard InChI is InChI=1S/C14H16O4S/c1-18-14(17)10-7-11(15)12(16)8-13(10)19-9-5-3-2-4-6-9/h2-7,11-13,15-16H,8H2,1H3/t11-,12-,13-/m1/s1. The quantitative estimate of drug-likeness (QED) is 0.819. The van der Waals surface area contributed by atoms with Crippen LogP contribution in [-0.4, -0.2) is 40.8 Å². The number of thioether (sulfide) groups is 1. The molecule has 1 aromatic rings. The van der Waals surface area contributed by atoms with Gasteiger partial charge in [-0.25, -0.2) is 4.79 Å². The Bertz CT molecular complexity index is 472. The van der Waals surface area contributed by atoms with Crippen molar-refractivity contribution in [3.63, 3.8) is 0 Å². The van der Waals surface area contributed by atoms with Crippen molar-refractivity contribution in [2.75, 3.05) is 7.11 Å². The van der Waals surface area contributed by atoms with Crippen molar-refractivity contribution < 1.29 is 19.7 Å². The molecule has 3 atom stereocenters. The van der Waals surface area contributed by atoms with Gasteiger partial charge in [0.25, 0.3) is 0 Å². The molecule has 5 heteroatoms. The van der Waals surface area contributed by atoms with Crippen LogP contribution in [0.4, 0.5) is 0 Å². The van der Waals surface area contributed by atoms with Gasteiger partial charge in [-0.2, -0.15) is 0 Å². The first-order valence-electron chi connectivity index (χ1n) is 5.99. The predicted octanol–water partition coefficient (Wildman–Crippen LogP) is 1.37. The van der Waals surface area contributed by atoms with E-state index in [9.17, 15) is 15.0 Å². The van der Waals surface area contributed by atoms with Crippen LogP contribution in [0.2, 0.25) is 0 Å². The zero-order valence-corrected chi connectivity index (χ0v) is 11.3. The highest BCUT2D eigenvalue weighted by molar-refractivity contribution is 8.00. The summed E-state index contributed by atoms with van der Waals surface area (Å²) in [5.41, 5.74) is 0.411. The molecule has 1 aromatic carbocycles. The van der Waals surface area contributed by atoms with Crippen molar-refractivity contribution in [2.45, 2.75) is 28.8 Å². The third kappa shape index (κ3) is 3.37. The zero-order chi connectivity index (χ0) is 13.8. The number of carbonyl (C=O) groups excluding carboxylic acids is 1. The molecule has 0 spiro atoms. The fourth-order valence-corrected chi connectivity index (χ4v) is 3.22. The molecule has 102 valence electrons. The number of esters is 1. The van der Waals surface area contributed by atoms with E-state index in [4.69, 9.17) is 4.74 Å². The predicted molar refractivity (Wildman–Crippen MR) is 72.8 cm³/mol. The molecule has 0 amide bonds. The first-order valence-corrected chi connectivity index (χ1v) is 6.87. The number of benzene rings is 1. The molecule has 4 nitrogen and oxygen atoms in total. The van der Waals surface area contributed by atoms with Gasteiger partial charge in [0.1, 0.15) is 0 Å². The lowest BCUT2D eigenvalue weighted by molar-refractivity contribution is -0.136. The van der Waals surface area contributed by atoms with Crippen molar-refractivity contribution in [2.24, 2.45) is 0 Å². The molecule has 0 radical (unpaired) electrons. The van der Waals surface area contributed by atoms with Gasteiger partial charge in [0, 0.05) is 15.7 Å². The van der Waals surface area contributed by atoms with Crippen molar-refractivity contribution in [3.8, 4) is 0 Å². The Morgan fingerprint density at radius 3 is 2.63 bits per heavy atom. The molecule has 0 fully saturated rings. The van der Waals surface area contributed by atoms with Gasteiger partial charge < -0.3 is 14.9 Å². The third-order valence-electron chi connectivity index (χ3n) is 2.99. The minimum absolute atomic E-state index is 0.215. The second kappa shape index (κ2) is 6.23. The van der Waals surface area contributed by atoms with Crippen LogP contribution in [0.1, 0.15) is 6.42 Å². The van der Waals surface area contributed by atoms with Crippen LogP contribution in [0.15, 0.2) is 46.9 Å². The highest BCUT2D eigenvalue weighted by Crippen LogP contribution is 2.35. The molecule has 1 aliphatic rings. The van der Waals surface area contributed by atoms with Crippen LogP contribution < -0.4 is 0 Å². The summed E-state index contributed by atoms with van der Waals surface area (Å²) in [6.07, 6.45) is -0.154. The topological polar surface area (TPSA) is 66.8 Å². The van der Waals surface area contributed by atoms with Gasteiger partial charge in [0.2, 0.25) is 0 Å². The van der Waals surface area contributed by atoms with Gasteiger partial charge in [-0.15, -0.1) is 11.8 Å². The molecule has 1 aliphatic carbocycles. The maximum atomic E-state index is 11.7. The monoisotopic (exact) mass is 280 g/mol. The summed E-state index contributed by atoms with van der Waals surface area (Å²) >= 11 is 1.48. The van der Waals surface area contributed by atoms with Crippen molar-refractivity contribution in [1.29, 1.82) is 0 Å². The second-order valence-corrected chi connectivity index (χ2v) is 5.60. The Hall–Kier alpha value is -1.30. The number of aliphatic hydroxyl groups is 2. The maximum absolute atomic E-state index is 11.7. The van der Waals surface area contributed by atoms with E-state index in [0.717, 1.165) is 4.90 Å². The molecule has 19 heavy (non-hydrogen) atoms. The highest BCUT2D eigenvalue weighted by Gasteiger charge is 2.33. The van der Waals surface area contributed by atoms with E-state index in [-0.39, 0.29) is 5.25 Å². The second-order valence-electron chi connectivity index (χ2n) is 4.33. The molecule has 0 bridgehead atoms. The minimum atomic E-state index is -1.01. The Labute approximate surface area is 116 Å². The van der Waals surface area contributed by atoms with Crippen molar-refractivity contribution in [1.82, 2.24) is 0 Å². The molecule has 0 aromatic heterocycles. The van der Waals surface area contributed by atoms with E-state index < -0.39 is 18.2 Å². The summed E-state index contributed by atoms with van der Waals surface area (Å²) in [5, 5.41) is 19.2. The van der Waals surface area contributed by atoms with Crippen LogP contribution >= 0.6 is 11.8 Å². The first-order chi connectivity index (χ1) is 9.11. The number of rotatable bonds is 3. The van der Waals surface area contributed by atoms with E-state index in [1.165, 1.54) is 24.9 Å². The lowest BCUT2D eigenvalue weighted by atomic mass is 9.94. The number of ether oxygens (including phenoxy) is 1. The van der Waals surface area contributed by atoms with Gasteiger partial charge in [-0.05, 0) is 24.6 Å². The van der Waals surface area contributed by atoms with Crippen molar-refractivity contribution >= 4 is 17.7 Å². The van der Waals surface area contributed by atoms with E-state index in [1.54, 1.807) is 0 Å². The maximum Gasteiger partial charge on any atom is 0.334 e. The molecule has 0 saturated heterocycles. The summed E-state index contributed by atoms with van der Waals surface area (Å²) < 4.78 is 4.73. The van der Waals surface area contributed by atoms with Gasteiger partial charge in [0.15, 0.2) is 0 Å². The Morgan fingerprint density at radius 2 is 2.00 bits per heavy atom. The number of hydrogen-bond acceptors (Lipinski definition) is 5. The fourth-order valence-electron chi connectivity index (χ4n) is 1.98. The molecule has 0 saturated carbocycles. The summed E-state index contributed by atoms with van der Waals surface area (Å²) in [4.78, 5) is 12.7. The minimum Gasteiger partial charge on any atom is -0.466 e. The highest BCUT2D eigenvalue weighted by atomic mass is 32.2. The van der Waals surface area contributed by atoms with Crippen LogP contribution in [0.3, 0.4) is 0 Å². The molecular weight excluding hydrogens is 264 g/mol. The normalized spacial score (nSPS) is 26.7. The van der Waals surface area contributed by atoms with Gasteiger partial charge in [-0.1, -0.05) is 18.2 Å². The number of methoxy groups -OCH3 is 1. The lowest BCUT2D eigenvalue weighted by Crippen LogP contribution is -2.36. The molecule has 2 rings (SSSR count). The van der Waals surface area contributed by atoms with Crippen LogP contribution in [0.25, 0.3) is 0 Å². The molecule has 0 aliphatic heterocycles. The van der Waals surface area contributed by atoms with Crippen LogP contribution in [0.5, 0.6) is 0 Å². The van der Waals surface area contributed by atoms with Gasteiger partial charge >= 0.3 is 5.97 Å². The van der Waals surface area contributed by atoms with E-state index in [2.05, 4.69) is 0 Å². The number of carbonyl (C=O) groups is 1. The Balaban J connectivity index is 2.21. The van der Waals surface area contributed by atoms with Crippen LogP contribution in [0, 0.1) is 0 Å². The smallest absolute Gasteiger partial charge is 0.334 e. The summed E-state index contributed by atoms with van der Waals surface area (Å²) in [6, 6.07) is 9.63. The molecule has 2 N–H and O–H groups in total. The number of aliphatic hydroxyl groups excluding tert-OH is 2. The largest absolute Gasteiger partial charge is 0.466 e. The fraction of sp³-hybridized carbons (Fsp3) is 0.357. The van der Waals surface area contributed by atoms with Gasteiger partial charge in [-0.3, -0.25) is 0 Å². The van der Waals surface area contributed by atoms with E-state index in [1.807, 2.05) is 30.3 Å². The lowest BCUT2D eigenvalue weighted by Gasteiger charge is -2.28. The Morgan fingerprint density at radius 1 is 1.32 bits per heavy atom. The summed E-state index contributed by atoms with van der Waals surface area (Å²) in [6.45, 7) is 0. The van der Waals surface area contributed by atoms with E-state index in [0.29, 0.717) is 12.0 Å². The Kier molecular flexibility index (Phi) is 4.63. The van der Waals surface area contributed by atoms with Crippen molar-refractivity contribution in [3.05, 3.63) is 42.0 Å². The van der Waals surface area contributed by atoms with Gasteiger partial charge in [0.05, 0.1) is 19.3 Å². The zero-order valence-electron chi connectivity index (χ0n) is 10.5. The van der Waals surface area contributed by atoms with E-state index >= 15 is 0 Å². The third-order valence-corrected chi connectivity index (χ3v) is 4.26. The average molecular weight is 280 g/mol. The summed E-state index contributed by atoms with van der Waals surface area (Å²) in [5.74, 6) is -0.459. The molecule has 0 unspecified atom stereocenters. The SMILES string of the molecule is COC(=O)C1=C[C@@H](O)[C@H](O)C[C@H]1Sc1ccccc1. The average Bonchev–Trinajstić information content (AvgIpc) is 2.43. The van der Waals surface area contributed by atoms with Crippen LogP contribution in [-0.2, 0) is 9.53 Å². The molecular formula is C14H16O4S. The first kappa shape index (κ1) is 14.1.